The van der Waals surface area contributed by atoms with Gasteiger partial charge in [0, 0.05) is 22.7 Å². The Morgan fingerprint density at radius 2 is 1.96 bits per heavy atom. The highest BCUT2D eigenvalue weighted by Gasteiger charge is 2.32. The zero-order chi connectivity index (χ0) is 17.8. The zero-order valence-corrected chi connectivity index (χ0v) is 15.5. The van der Waals surface area contributed by atoms with Crippen LogP contribution in [0.15, 0.2) is 41.3 Å². The van der Waals surface area contributed by atoms with Crippen molar-refractivity contribution in [2.24, 2.45) is 0 Å². The summed E-state index contributed by atoms with van der Waals surface area (Å²) in [6, 6.07) is 11.5. The minimum absolute atomic E-state index is 0.00174. The summed E-state index contributed by atoms with van der Waals surface area (Å²) in [5.74, 6) is 0.611. The molecule has 0 saturated heterocycles. The Morgan fingerprint density at radius 3 is 2.64 bits per heavy atom. The fourth-order valence-corrected chi connectivity index (χ4v) is 4.20. The molecule has 5 heteroatoms. The number of esters is 1. The summed E-state index contributed by atoms with van der Waals surface area (Å²) < 4.78 is 6.81. The molecule has 1 unspecified atom stereocenters. The molecule has 0 fully saturated rings. The van der Waals surface area contributed by atoms with Crippen molar-refractivity contribution in [2.75, 3.05) is 12.9 Å². The predicted octanol–water partition coefficient (Wildman–Crippen LogP) is 4.27. The molecule has 0 saturated carbocycles. The second-order valence-corrected chi connectivity index (χ2v) is 7.38. The van der Waals surface area contributed by atoms with Gasteiger partial charge in [0.1, 0.15) is 0 Å². The Labute approximate surface area is 152 Å². The Hall–Kier alpha value is -2.01. The molecular weight excluding hydrogens is 334 g/mol. The second-order valence-electron chi connectivity index (χ2n) is 6.22. The molecule has 0 spiro atoms. The second kappa shape index (κ2) is 7.91. The maximum Gasteiger partial charge on any atom is 0.314 e. The van der Waals surface area contributed by atoms with E-state index in [2.05, 4.69) is 6.92 Å². The molecule has 1 aliphatic heterocycles. The number of carbonyl (C=O) groups is 2. The van der Waals surface area contributed by atoms with Gasteiger partial charge in [-0.15, -0.1) is 11.8 Å². The SMILES string of the molecule is CCCCSc1ccc(C(=O)c2ccc3n2CCC3C(=O)OC)cc1. The molecule has 0 bridgehead atoms. The number of aromatic nitrogens is 1. The third-order valence-corrected chi connectivity index (χ3v) is 5.71. The van der Waals surface area contributed by atoms with E-state index in [1.165, 1.54) is 24.8 Å². The number of carbonyl (C=O) groups excluding carboxylic acids is 2. The minimum Gasteiger partial charge on any atom is -0.469 e. The van der Waals surface area contributed by atoms with Crippen LogP contribution in [0, 0.1) is 0 Å². The molecule has 132 valence electrons. The Morgan fingerprint density at radius 1 is 1.20 bits per heavy atom. The fraction of sp³-hybridized carbons (Fsp3) is 0.400. The molecular formula is C20H23NO3S. The van der Waals surface area contributed by atoms with Crippen LogP contribution in [-0.2, 0) is 16.1 Å². The van der Waals surface area contributed by atoms with Crippen LogP contribution in [0.25, 0.3) is 0 Å². The third kappa shape index (κ3) is 3.66. The van der Waals surface area contributed by atoms with Gasteiger partial charge in [-0.3, -0.25) is 9.59 Å². The first-order valence-electron chi connectivity index (χ1n) is 8.70. The summed E-state index contributed by atoms with van der Waals surface area (Å²) in [4.78, 5) is 25.9. The van der Waals surface area contributed by atoms with Gasteiger partial charge in [0.15, 0.2) is 0 Å². The highest BCUT2D eigenvalue weighted by Crippen LogP contribution is 2.32. The van der Waals surface area contributed by atoms with Gasteiger partial charge in [-0.05, 0) is 55.0 Å². The number of fused-ring (bicyclic) bond motifs is 1. The van der Waals surface area contributed by atoms with E-state index in [1.807, 2.05) is 52.7 Å². The standard InChI is InChI=1S/C20H23NO3S/c1-3-4-13-25-15-7-5-14(6-8-15)19(22)18-10-9-17-16(20(23)24-2)11-12-21(17)18/h5-10,16H,3-4,11-13H2,1-2H3. The van der Waals surface area contributed by atoms with Crippen molar-refractivity contribution in [1.29, 1.82) is 0 Å². The molecule has 1 atom stereocenters. The maximum absolute atomic E-state index is 12.8. The summed E-state index contributed by atoms with van der Waals surface area (Å²) in [5.41, 5.74) is 2.21. The van der Waals surface area contributed by atoms with Gasteiger partial charge in [-0.25, -0.2) is 0 Å². The maximum atomic E-state index is 12.8. The van der Waals surface area contributed by atoms with E-state index in [4.69, 9.17) is 4.74 Å². The van der Waals surface area contributed by atoms with Crippen LogP contribution >= 0.6 is 11.8 Å². The van der Waals surface area contributed by atoms with E-state index in [9.17, 15) is 9.59 Å². The van der Waals surface area contributed by atoms with Crippen molar-refractivity contribution in [3.8, 4) is 0 Å². The van der Waals surface area contributed by atoms with Crippen LogP contribution in [0.5, 0.6) is 0 Å². The Bertz CT molecular complexity index is 764. The lowest BCUT2D eigenvalue weighted by Crippen LogP contribution is -2.11. The average molecular weight is 357 g/mol. The first-order valence-corrected chi connectivity index (χ1v) is 9.69. The number of thioether (sulfide) groups is 1. The number of hydrogen-bond donors (Lipinski definition) is 0. The van der Waals surface area contributed by atoms with Crippen molar-refractivity contribution in [1.82, 2.24) is 4.57 Å². The first-order chi connectivity index (χ1) is 12.2. The predicted molar refractivity (Wildman–Crippen MR) is 99.3 cm³/mol. The molecule has 2 heterocycles. The van der Waals surface area contributed by atoms with Crippen molar-refractivity contribution in [3.63, 3.8) is 0 Å². The average Bonchev–Trinajstić information content (AvgIpc) is 3.23. The van der Waals surface area contributed by atoms with Gasteiger partial charge in [-0.1, -0.05) is 13.3 Å². The molecule has 2 aromatic rings. The van der Waals surface area contributed by atoms with E-state index in [0.29, 0.717) is 24.2 Å². The number of nitrogens with zero attached hydrogens (tertiary/aromatic N) is 1. The van der Waals surface area contributed by atoms with Crippen molar-refractivity contribution in [3.05, 3.63) is 53.3 Å². The van der Waals surface area contributed by atoms with Crippen molar-refractivity contribution >= 4 is 23.5 Å². The van der Waals surface area contributed by atoms with Crippen LogP contribution in [0.2, 0.25) is 0 Å². The van der Waals surface area contributed by atoms with Crippen LogP contribution in [0.4, 0.5) is 0 Å². The lowest BCUT2D eigenvalue weighted by Gasteiger charge is -2.07. The van der Waals surface area contributed by atoms with Crippen LogP contribution in [-0.4, -0.2) is 29.2 Å². The summed E-state index contributed by atoms with van der Waals surface area (Å²) in [5, 5.41) is 0. The lowest BCUT2D eigenvalue weighted by molar-refractivity contribution is -0.142. The number of unbranched alkanes of at least 4 members (excludes halogenated alkanes) is 1. The minimum atomic E-state index is -0.260. The summed E-state index contributed by atoms with van der Waals surface area (Å²) >= 11 is 1.82. The monoisotopic (exact) mass is 357 g/mol. The number of ether oxygens (including phenoxy) is 1. The van der Waals surface area contributed by atoms with E-state index < -0.39 is 0 Å². The summed E-state index contributed by atoms with van der Waals surface area (Å²) in [6.07, 6.45) is 3.08. The first kappa shape index (κ1) is 17.8. The topological polar surface area (TPSA) is 48.3 Å². The molecule has 0 aliphatic carbocycles. The molecule has 3 rings (SSSR count). The van der Waals surface area contributed by atoms with E-state index in [1.54, 1.807) is 0 Å². The number of rotatable bonds is 7. The van der Waals surface area contributed by atoms with Gasteiger partial charge >= 0.3 is 5.97 Å². The molecule has 0 radical (unpaired) electrons. The van der Waals surface area contributed by atoms with Gasteiger partial charge in [0.2, 0.25) is 5.78 Å². The highest BCUT2D eigenvalue weighted by molar-refractivity contribution is 7.99. The molecule has 25 heavy (non-hydrogen) atoms. The molecule has 1 aliphatic rings. The summed E-state index contributed by atoms with van der Waals surface area (Å²) in [6.45, 7) is 2.86. The fourth-order valence-electron chi connectivity index (χ4n) is 3.21. The van der Waals surface area contributed by atoms with Crippen molar-refractivity contribution in [2.45, 2.75) is 43.5 Å². The normalized spacial score (nSPS) is 15.8. The molecule has 0 amide bonds. The highest BCUT2D eigenvalue weighted by atomic mass is 32.2. The van der Waals surface area contributed by atoms with Crippen LogP contribution < -0.4 is 0 Å². The number of hydrogen-bond acceptors (Lipinski definition) is 4. The van der Waals surface area contributed by atoms with E-state index in [0.717, 1.165) is 11.4 Å². The van der Waals surface area contributed by atoms with Gasteiger partial charge in [-0.2, -0.15) is 0 Å². The van der Waals surface area contributed by atoms with E-state index in [-0.39, 0.29) is 17.7 Å². The number of ketones is 1. The molecule has 1 aromatic heterocycles. The molecule has 4 nitrogen and oxygen atoms in total. The third-order valence-electron chi connectivity index (χ3n) is 4.61. The smallest absolute Gasteiger partial charge is 0.314 e. The molecule has 0 N–H and O–H groups in total. The Balaban J connectivity index is 1.75. The van der Waals surface area contributed by atoms with Crippen molar-refractivity contribution < 1.29 is 14.3 Å². The van der Waals surface area contributed by atoms with Crippen LogP contribution in [0.1, 0.15) is 53.8 Å². The quantitative estimate of drug-likeness (QED) is 0.321. The number of benzene rings is 1. The van der Waals surface area contributed by atoms with Crippen LogP contribution in [0.3, 0.4) is 0 Å². The van der Waals surface area contributed by atoms with Gasteiger partial charge in [0.25, 0.3) is 0 Å². The van der Waals surface area contributed by atoms with Gasteiger partial charge < -0.3 is 9.30 Å². The summed E-state index contributed by atoms with van der Waals surface area (Å²) in [7, 11) is 1.40. The zero-order valence-electron chi connectivity index (χ0n) is 14.7. The van der Waals surface area contributed by atoms with E-state index >= 15 is 0 Å². The Kier molecular flexibility index (Phi) is 5.63. The van der Waals surface area contributed by atoms with Gasteiger partial charge in [0.05, 0.1) is 18.7 Å². The lowest BCUT2D eigenvalue weighted by atomic mass is 10.1. The molecule has 1 aromatic carbocycles. The largest absolute Gasteiger partial charge is 0.469 e. The number of methoxy groups -OCH3 is 1.